The van der Waals surface area contributed by atoms with Gasteiger partial charge < -0.3 is 0 Å². The molecule has 0 aliphatic rings. The lowest BCUT2D eigenvalue weighted by Gasteiger charge is -2.07. The average Bonchev–Trinajstić information content (AvgIpc) is 2.15. The Morgan fingerprint density at radius 1 is 0.929 bits per heavy atom. The summed E-state index contributed by atoms with van der Waals surface area (Å²) in [4.78, 5) is 0. The number of rotatable bonds is 8. The van der Waals surface area contributed by atoms with Crippen LogP contribution in [-0.4, -0.2) is 0 Å². The molecule has 0 atom stereocenters. The zero-order valence-electron chi connectivity index (χ0n) is 9.41. The molecule has 0 spiro atoms. The van der Waals surface area contributed by atoms with Crippen molar-refractivity contribution in [1.29, 1.82) is 0 Å². The Balaban J connectivity index is 3.75. The fourth-order valence-electron chi connectivity index (χ4n) is 1.49. The fraction of sp³-hybridized carbons (Fsp3) is 0.833. The summed E-state index contributed by atoms with van der Waals surface area (Å²) in [5.74, 6) is 0. The predicted octanol–water partition coefficient (Wildman–Crippen LogP) is 5.99. The Bertz CT molecular complexity index is 148. The molecule has 2 heteroatoms. The highest BCUT2D eigenvalue weighted by Crippen LogP contribution is 2.26. The molecule has 0 saturated heterocycles. The van der Waals surface area contributed by atoms with Crippen LogP contribution in [0, 0.1) is 0 Å². The van der Waals surface area contributed by atoms with Crippen molar-refractivity contribution in [2.75, 3.05) is 0 Å². The topological polar surface area (TPSA) is 0 Å². The van der Waals surface area contributed by atoms with E-state index in [1.807, 2.05) is 0 Å². The fourth-order valence-corrected chi connectivity index (χ4v) is 2.08. The zero-order valence-corrected chi connectivity index (χ0v) is 11.8. The van der Waals surface area contributed by atoms with Gasteiger partial charge in [-0.3, -0.25) is 0 Å². The minimum atomic E-state index is 0.852. The van der Waals surface area contributed by atoms with Gasteiger partial charge in [0.05, 0.1) is 3.94 Å². The third kappa shape index (κ3) is 7.87. The van der Waals surface area contributed by atoms with E-state index in [2.05, 4.69) is 29.8 Å². The van der Waals surface area contributed by atoms with Crippen LogP contribution < -0.4 is 0 Å². The van der Waals surface area contributed by atoms with Gasteiger partial charge in [-0.2, -0.15) is 0 Å². The van der Waals surface area contributed by atoms with Gasteiger partial charge in [0.25, 0.3) is 0 Å². The molecular weight excluding hydrogens is 259 g/mol. The molecule has 14 heavy (non-hydrogen) atoms. The molecule has 0 nitrogen and oxygen atoms in total. The Morgan fingerprint density at radius 2 is 1.36 bits per heavy atom. The van der Waals surface area contributed by atoms with Gasteiger partial charge in [0.2, 0.25) is 0 Å². The van der Waals surface area contributed by atoms with E-state index in [0.717, 1.165) is 3.94 Å². The lowest BCUT2D eigenvalue weighted by Crippen LogP contribution is -1.87. The Hall–Kier alpha value is 0.510. The summed E-state index contributed by atoms with van der Waals surface area (Å²) in [5.41, 5.74) is 1.41. The third-order valence-electron chi connectivity index (χ3n) is 2.43. The van der Waals surface area contributed by atoms with Gasteiger partial charge in [0.15, 0.2) is 0 Å². The second-order valence-corrected chi connectivity index (χ2v) is 5.41. The molecule has 84 valence electrons. The summed E-state index contributed by atoms with van der Waals surface area (Å²) < 4.78 is 0.852. The van der Waals surface area contributed by atoms with Crippen LogP contribution >= 0.6 is 27.5 Å². The first-order chi connectivity index (χ1) is 6.72. The maximum absolute atomic E-state index is 6.00. The number of hydrogen-bond donors (Lipinski definition) is 0. The summed E-state index contributed by atoms with van der Waals surface area (Å²) >= 11 is 9.39. The van der Waals surface area contributed by atoms with E-state index in [-0.39, 0.29) is 0 Å². The number of hydrogen-bond acceptors (Lipinski definition) is 0. The van der Waals surface area contributed by atoms with Crippen molar-refractivity contribution in [3.8, 4) is 0 Å². The first kappa shape index (κ1) is 14.5. The largest absolute Gasteiger partial charge is 0.0826 e. The lowest BCUT2D eigenvalue weighted by molar-refractivity contribution is 0.659. The van der Waals surface area contributed by atoms with Gasteiger partial charge in [0.1, 0.15) is 0 Å². The van der Waals surface area contributed by atoms with Crippen LogP contribution in [0.15, 0.2) is 9.51 Å². The van der Waals surface area contributed by atoms with Crippen LogP contribution in [0.2, 0.25) is 0 Å². The van der Waals surface area contributed by atoms with Crippen molar-refractivity contribution in [3.63, 3.8) is 0 Å². The molecule has 0 aromatic rings. The maximum atomic E-state index is 6.00. The number of halogens is 2. The van der Waals surface area contributed by atoms with Crippen molar-refractivity contribution >= 4 is 27.5 Å². The van der Waals surface area contributed by atoms with Crippen molar-refractivity contribution in [1.82, 2.24) is 0 Å². The van der Waals surface area contributed by atoms with Gasteiger partial charge in [-0.15, -0.1) is 0 Å². The van der Waals surface area contributed by atoms with E-state index in [1.165, 1.54) is 56.9 Å². The molecule has 0 heterocycles. The molecule has 0 saturated carbocycles. The molecule has 0 radical (unpaired) electrons. The minimum absolute atomic E-state index is 0.852. The van der Waals surface area contributed by atoms with Gasteiger partial charge in [-0.1, -0.05) is 51.1 Å². The van der Waals surface area contributed by atoms with Gasteiger partial charge >= 0.3 is 0 Å². The van der Waals surface area contributed by atoms with Crippen LogP contribution in [0.1, 0.15) is 65.2 Å². The van der Waals surface area contributed by atoms with Crippen molar-refractivity contribution < 1.29 is 0 Å². The lowest BCUT2D eigenvalue weighted by atomic mass is 10.0. The molecule has 0 unspecified atom stereocenters. The van der Waals surface area contributed by atoms with Crippen LogP contribution in [0.25, 0.3) is 0 Å². The summed E-state index contributed by atoms with van der Waals surface area (Å²) in [5, 5.41) is 0. The maximum Gasteiger partial charge on any atom is 0.0826 e. The van der Waals surface area contributed by atoms with E-state index in [9.17, 15) is 0 Å². The Kier molecular flexibility index (Phi) is 10.4. The predicted molar refractivity (Wildman–Crippen MR) is 70.1 cm³/mol. The molecule has 0 fully saturated rings. The quantitative estimate of drug-likeness (QED) is 0.479. The highest BCUT2D eigenvalue weighted by Gasteiger charge is 2.02. The highest BCUT2D eigenvalue weighted by atomic mass is 79.9. The standard InChI is InChI=1S/C12H22BrCl/c1-3-5-7-9-11(12(13)14)10-8-6-4-2/h3-10H2,1-2H3. The molecule has 0 N–H and O–H groups in total. The summed E-state index contributed by atoms with van der Waals surface area (Å²) in [6, 6.07) is 0. The van der Waals surface area contributed by atoms with E-state index in [1.54, 1.807) is 0 Å². The van der Waals surface area contributed by atoms with Crippen LogP contribution in [0.5, 0.6) is 0 Å². The molecular formula is C12H22BrCl. The van der Waals surface area contributed by atoms with E-state index >= 15 is 0 Å². The molecule has 0 aliphatic carbocycles. The highest BCUT2D eigenvalue weighted by molar-refractivity contribution is 9.12. The smallest absolute Gasteiger partial charge is 0.0762 e. The molecule has 0 rings (SSSR count). The minimum Gasteiger partial charge on any atom is -0.0762 e. The molecule has 0 aromatic heterocycles. The molecule has 0 amide bonds. The normalized spacial score (nSPS) is 10.3. The molecule has 0 aromatic carbocycles. The first-order valence-corrected chi connectivity index (χ1v) is 6.92. The van der Waals surface area contributed by atoms with Gasteiger partial charge in [-0.25, -0.2) is 0 Å². The van der Waals surface area contributed by atoms with Crippen LogP contribution in [0.4, 0.5) is 0 Å². The second-order valence-electron chi connectivity index (χ2n) is 3.78. The van der Waals surface area contributed by atoms with Crippen molar-refractivity contribution in [2.45, 2.75) is 65.2 Å². The first-order valence-electron chi connectivity index (χ1n) is 5.75. The molecule has 0 bridgehead atoms. The van der Waals surface area contributed by atoms with Gasteiger partial charge in [-0.05, 0) is 47.2 Å². The third-order valence-corrected chi connectivity index (χ3v) is 3.26. The summed E-state index contributed by atoms with van der Waals surface area (Å²) in [7, 11) is 0. The van der Waals surface area contributed by atoms with Crippen molar-refractivity contribution in [3.05, 3.63) is 9.51 Å². The van der Waals surface area contributed by atoms with Crippen LogP contribution in [0.3, 0.4) is 0 Å². The zero-order chi connectivity index (χ0) is 10.8. The van der Waals surface area contributed by atoms with Gasteiger partial charge in [0, 0.05) is 0 Å². The van der Waals surface area contributed by atoms with E-state index in [4.69, 9.17) is 11.6 Å². The SMILES string of the molecule is CCCCCC(CCCCC)=C(Cl)Br. The van der Waals surface area contributed by atoms with E-state index < -0.39 is 0 Å². The monoisotopic (exact) mass is 280 g/mol. The van der Waals surface area contributed by atoms with E-state index in [0.29, 0.717) is 0 Å². The van der Waals surface area contributed by atoms with Crippen molar-refractivity contribution in [2.24, 2.45) is 0 Å². The summed E-state index contributed by atoms with van der Waals surface area (Å²) in [6.45, 7) is 4.46. The number of allylic oxidation sites excluding steroid dienone is 1. The van der Waals surface area contributed by atoms with Crippen LogP contribution in [-0.2, 0) is 0 Å². The Morgan fingerprint density at radius 3 is 1.64 bits per heavy atom. The Labute approximate surface area is 102 Å². The number of unbranched alkanes of at least 4 members (excludes halogenated alkanes) is 4. The average molecular weight is 282 g/mol. The summed E-state index contributed by atoms with van der Waals surface area (Å²) in [6.07, 6.45) is 10.1. The molecule has 0 aliphatic heterocycles. The second kappa shape index (κ2) is 10.0.